The van der Waals surface area contributed by atoms with Gasteiger partial charge in [0, 0.05) is 11.1 Å². The van der Waals surface area contributed by atoms with Gasteiger partial charge in [0.15, 0.2) is 0 Å². The van der Waals surface area contributed by atoms with Crippen LogP contribution >= 0.6 is 0 Å². The third kappa shape index (κ3) is 8.20. The molecule has 0 fully saturated rings. The molecule has 0 nitrogen and oxygen atoms in total. The van der Waals surface area contributed by atoms with Crippen LogP contribution in [0.25, 0.3) is 10.8 Å². The molecular weight excluding hydrogens is 384 g/mol. The van der Waals surface area contributed by atoms with Crippen molar-refractivity contribution < 1.29 is 0 Å². The maximum atomic E-state index is 3.36. The van der Waals surface area contributed by atoms with Gasteiger partial charge in [0.1, 0.15) is 0 Å². The first-order valence-corrected chi connectivity index (χ1v) is 12.9. The van der Waals surface area contributed by atoms with Gasteiger partial charge < -0.3 is 0 Å². The summed E-state index contributed by atoms with van der Waals surface area (Å²) in [6, 6.07) is 22.3. The lowest BCUT2D eigenvalue weighted by atomic mass is 10.0. The largest absolute Gasteiger partial charge is 0.0654 e. The van der Waals surface area contributed by atoms with Gasteiger partial charge in [-0.05, 0) is 71.8 Å². The summed E-state index contributed by atoms with van der Waals surface area (Å²) in [4.78, 5) is 0. The molecule has 0 aliphatic carbocycles. The number of hydrogen-bond donors (Lipinski definition) is 0. The van der Waals surface area contributed by atoms with E-state index < -0.39 is 0 Å². The van der Waals surface area contributed by atoms with Crippen molar-refractivity contribution >= 4 is 10.8 Å². The van der Waals surface area contributed by atoms with E-state index in [9.17, 15) is 0 Å². The summed E-state index contributed by atoms with van der Waals surface area (Å²) >= 11 is 0. The van der Waals surface area contributed by atoms with Crippen molar-refractivity contribution in [3.8, 4) is 11.8 Å². The smallest absolute Gasteiger partial charge is 0.0255 e. The van der Waals surface area contributed by atoms with Crippen LogP contribution in [-0.2, 0) is 12.8 Å². The summed E-state index contributed by atoms with van der Waals surface area (Å²) < 4.78 is 0. The fourth-order valence-corrected chi connectivity index (χ4v) is 4.29. The van der Waals surface area contributed by atoms with E-state index in [2.05, 4.69) is 86.4 Å². The lowest BCUT2D eigenvalue weighted by molar-refractivity contribution is 0.632. The fourth-order valence-electron chi connectivity index (χ4n) is 4.29. The maximum Gasteiger partial charge on any atom is 0.0255 e. The molecular formula is C32H40. The zero-order valence-corrected chi connectivity index (χ0v) is 20.3. The number of aryl methyl sites for hydroxylation is 2. The number of benzene rings is 3. The Balaban J connectivity index is 1.54. The summed E-state index contributed by atoms with van der Waals surface area (Å²) in [5.41, 5.74) is 5.07. The van der Waals surface area contributed by atoms with Gasteiger partial charge in [-0.3, -0.25) is 0 Å². The molecule has 0 aliphatic heterocycles. The Morgan fingerprint density at radius 3 is 1.66 bits per heavy atom. The van der Waals surface area contributed by atoms with Crippen LogP contribution < -0.4 is 0 Å². The molecule has 0 aromatic heterocycles. The molecule has 0 spiro atoms. The lowest BCUT2D eigenvalue weighted by Crippen LogP contribution is -1.87. The van der Waals surface area contributed by atoms with Crippen molar-refractivity contribution in [1.29, 1.82) is 0 Å². The van der Waals surface area contributed by atoms with Gasteiger partial charge in [-0.2, -0.15) is 0 Å². The summed E-state index contributed by atoms with van der Waals surface area (Å²) in [5, 5.41) is 2.61. The zero-order chi connectivity index (χ0) is 22.4. The van der Waals surface area contributed by atoms with Crippen LogP contribution in [0.2, 0.25) is 0 Å². The number of hydrogen-bond acceptors (Lipinski definition) is 0. The number of fused-ring (bicyclic) bond motifs is 1. The average Bonchev–Trinajstić information content (AvgIpc) is 2.83. The summed E-state index contributed by atoms with van der Waals surface area (Å²) in [7, 11) is 0. The van der Waals surface area contributed by atoms with Crippen molar-refractivity contribution in [2.24, 2.45) is 0 Å². The van der Waals surface area contributed by atoms with E-state index in [4.69, 9.17) is 0 Å². The summed E-state index contributed by atoms with van der Waals surface area (Å²) in [6.45, 7) is 4.54. The van der Waals surface area contributed by atoms with Crippen molar-refractivity contribution in [2.45, 2.75) is 90.9 Å². The Hall–Kier alpha value is -2.52. The second-order valence-corrected chi connectivity index (χ2v) is 9.17. The first kappa shape index (κ1) is 24.1. The van der Waals surface area contributed by atoms with Crippen LogP contribution in [0.4, 0.5) is 0 Å². The van der Waals surface area contributed by atoms with Crippen LogP contribution in [0.5, 0.6) is 0 Å². The van der Waals surface area contributed by atoms with Crippen LogP contribution in [0.1, 0.15) is 100 Å². The Morgan fingerprint density at radius 2 is 0.969 bits per heavy atom. The second-order valence-electron chi connectivity index (χ2n) is 9.17. The van der Waals surface area contributed by atoms with E-state index in [-0.39, 0.29) is 0 Å². The molecule has 0 amide bonds. The molecule has 168 valence electrons. The predicted molar refractivity (Wildman–Crippen MR) is 141 cm³/mol. The minimum atomic E-state index is 1.09. The van der Waals surface area contributed by atoms with E-state index >= 15 is 0 Å². The molecule has 0 atom stereocenters. The maximum absolute atomic E-state index is 3.36. The van der Waals surface area contributed by atoms with Gasteiger partial charge in [-0.25, -0.2) is 0 Å². The fraction of sp³-hybridized carbons (Fsp3) is 0.438. The minimum Gasteiger partial charge on any atom is -0.0654 e. The predicted octanol–water partition coefficient (Wildman–Crippen LogP) is 9.27. The Bertz CT molecular complexity index is 998. The van der Waals surface area contributed by atoms with Gasteiger partial charge in [0.05, 0.1) is 0 Å². The van der Waals surface area contributed by atoms with Gasteiger partial charge in [0.2, 0.25) is 0 Å². The second kappa shape index (κ2) is 13.8. The van der Waals surface area contributed by atoms with E-state index in [0.717, 1.165) is 11.1 Å². The molecule has 0 saturated heterocycles. The lowest BCUT2D eigenvalue weighted by Gasteiger charge is -2.05. The summed E-state index contributed by atoms with van der Waals surface area (Å²) in [5.74, 6) is 6.70. The number of rotatable bonds is 12. The first-order chi connectivity index (χ1) is 15.8. The van der Waals surface area contributed by atoms with Crippen LogP contribution in [0, 0.1) is 11.8 Å². The molecule has 3 aromatic carbocycles. The first-order valence-electron chi connectivity index (χ1n) is 12.9. The summed E-state index contributed by atoms with van der Waals surface area (Å²) in [6.07, 6.45) is 15.7. The molecule has 0 saturated carbocycles. The molecule has 0 aliphatic rings. The van der Waals surface area contributed by atoms with E-state index in [1.165, 1.54) is 98.9 Å². The van der Waals surface area contributed by atoms with E-state index in [0.29, 0.717) is 0 Å². The quantitative estimate of drug-likeness (QED) is 0.201. The SMILES string of the molecule is CCCCCCCc1ccc(C#Cc2ccc3cc(CCCCCCC)ccc3c2)cc1. The minimum absolute atomic E-state index is 1.09. The molecule has 0 radical (unpaired) electrons. The molecule has 0 unspecified atom stereocenters. The van der Waals surface area contributed by atoms with Gasteiger partial charge in [-0.15, -0.1) is 0 Å². The number of unbranched alkanes of at least 4 members (excludes halogenated alkanes) is 8. The van der Waals surface area contributed by atoms with E-state index in [1.54, 1.807) is 0 Å². The average molecular weight is 425 g/mol. The Labute approximate surface area is 196 Å². The molecule has 32 heavy (non-hydrogen) atoms. The van der Waals surface area contributed by atoms with Crippen molar-refractivity contribution in [3.05, 3.63) is 82.9 Å². The third-order valence-electron chi connectivity index (χ3n) is 6.35. The van der Waals surface area contributed by atoms with Crippen molar-refractivity contribution in [2.75, 3.05) is 0 Å². The zero-order valence-electron chi connectivity index (χ0n) is 20.3. The Kier molecular flexibility index (Phi) is 10.4. The van der Waals surface area contributed by atoms with Gasteiger partial charge in [-0.1, -0.05) is 113 Å². The van der Waals surface area contributed by atoms with Crippen LogP contribution in [-0.4, -0.2) is 0 Å². The van der Waals surface area contributed by atoms with Crippen molar-refractivity contribution in [3.63, 3.8) is 0 Å². The van der Waals surface area contributed by atoms with Crippen LogP contribution in [0.3, 0.4) is 0 Å². The highest BCUT2D eigenvalue weighted by molar-refractivity contribution is 5.84. The molecule has 0 bridgehead atoms. The molecule has 0 N–H and O–H groups in total. The topological polar surface area (TPSA) is 0 Å². The monoisotopic (exact) mass is 424 g/mol. The van der Waals surface area contributed by atoms with Gasteiger partial charge >= 0.3 is 0 Å². The Morgan fingerprint density at radius 1 is 0.469 bits per heavy atom. The highest BCUT2D eigenvalue weighted by Crippen LogP contribution is 2.19. The molecule has 3 aromatic rings. The standard InChI is InChI=1S/C32H40/c1-3-5-7-9-11-13-27-15-17-28(18-16-27)19-20-30-22-24-31-25-29(21-23-32(31)26-30)14-12-10-8-6-4-2/h15-18,21-26H,3-14H2,1-2H3. The molecule has 0 heterocycles. The van der Waals surface area contributed by atoms with Crippen molar-refractivity contribution in [1.82, 2.24) is 0 Å². The highest BCUT2D eigenvalue weighted by Gasteiger charge is 1.99. The normalized spacial score (nSPS) is 10.8. The van der Waals surface area contributed by atoms with E-state index in [1.807, 2.05) is 0 Å². The van der Waals surface area contributed by atoms with Crippen LogP contribution in [0.15, 0.2) is 60.7 Å². The highest BCUT2D eigenvalue weighted by atomic mass is 14.0. The molecule has 0 heteroatoms. The molecule has 3 rings (SSSR count). The van der Waals surface area contributed by atoms with Gasteiger partial charge in [0.25, 0.3) is 0 Å². The third-order valence-corrected chi connectivity index (χ3v) is 6.35.